The molecule has 1 saturated carbocycles. The van der Waals surface area contributed by atoms with Crippen LogP contribution in [0.25, 0.3) is 5.69 Å². The number of ether oxygens (including phenoxy) is 1. The molecule has 2 fully saturated rings. The minimum atomic E-state index is -0.425. The molecule has 0 unspecified atom stereocenters. The third kappa shape index (κ3) is 4.47. The summed E-state index contributed by atoms with van der Waals surface area (Å²) in [5, 5.41) is 10.7. The van der Waals surface area contributed by atoms with Crippen LogP contribution in [0.4, 0.5) is 14.7 Å². The highest BCUT2D eigenvalue weighted by molar-refractivity contribution is 5.38. The Morgan fingerprint density at radius 1 is 1.10 bits per heavy atom. The van der Waals surface area contributed by atoms with Crippen molar-refractivity contribution in [1.82, 2.24) is 30.2 Å². The minimum Gasteiger partial charge on any atom is -0.493 e. The van der Waals surface area contributed by atoms with Crippen molar-refractivity contribution >= 4 is 5.95 Å². The molecule has 10 heteroatoms. The second-order valence-corrected chi connectivity index (χ2v) is 8.19. The molecule has 8 nitrogen and oxygen atoms in total. The van der Waals surface area contributed by atoms with Gasteiger partial charge >= 0.3 is 0 Å². The number of nitrogens with zero attached hydrogens (tertiary/aromatic N) is 7. The van der Waals surface area contributed by atoms with E-state index in [1.807, 2.05) is 0 Å². The lowest BCUT2D eigenvalue weighted by molar-refractivity contribution is 0.283. The third-order valence-electron chi connectivity index (χ3n) is 6.28. The summed E-state index contributed by atoms with van der Waals surface area (Å²) in [4.78, 5) is 10.3. The van der Waals surface area contributed by atoms with Crippen molar-refractivity contribution in [2.45, 2.75) is 25.7 Å². The quantitative estimate of drug-likeness (QED) is 0.573. The Morgan fingerprint density at radius 2 is 1.90 bits per heavy atom. The summed E-state index contributed by atoms with van der Waals surface area (Å²) in [6.07, 6.45) is 8.20. The van der Waals surface area contributed by atoms with Crippen LogP contribution >= 0.6 is 0 Å². The Balaban J connectivity index is 1.05. The standard InChI is InChI=1S/C21H23F2N7O/c22-16-11-24-21(25-12-16)29-6-3-14(4-7-29)18-9-15(18)5-8-31-17-1-2-20(19(23)10-17)30-13-26-27-28-30/h1-2,10-15,18H,3-9H2/t15-,18-/m0/s1. The first-order chi connectivity index (χ1) is 15.2. The highest BCUT2D eigenvalue weighted by atomic mass is 19.1. The predicted molar refractivity (Wildman–Crippen MR) is 108 cm³/mol. The van der Waals surface area contributed by atoms with Gasteiger partial charge in [0.15, 0.2) is 11.6 Å². The molecule has 3 aromatic rings. The Hall–Kier alpha value is -3.17. The van der Waals surface area contributed by atoms with E-state index in [1.54, 1.807) is 12.1 Å². The molecule has 2 aliphatic rings. The number of piperidine rings is 1. The Morgan fingerprint density at radius 3 is 2.61 bits per heavy atom. The van der Waals surface area contributed by atoms with Crippen LogP contribution in [-0.2, 0) is 0 Å². The van der Waals surface area contributed by atoms with Gasteiger partial charge in [-0.2, -0.15) is 4.68 Å². The molecule has 1 aliphatic heterocycles. The average Bonchev–Trinajstić information content (AvgIpc) is 3.35. The van der Waals surface area contributed by atoms with E-state index in [9.17, 15) is 8.78 Å². The molecule has 5 rings (SSSR count). The van der Waals surface area contributed by atoms with E-state index in [-0.39, 0.29) is 5.69 Å². The van der Waals surface area contributed by atoms with Gasteiger partial charge in [0.2, 0.25) is 5.95 Å². The number of tetrazole rings is 1. The Kier molecular flexibility index (Phi) is 5.44. The van der Waals surface area contributed by atoms with Crippen LogP contribution in [-0.4, -0.2) is 49.9 Å². The largest absolute Gasteiger partial charge is 0.493 e. The molecule has 1 aliphatic carbocycles. The number of hydrogen-bond donors (Lipinski definition) is 0. The fourth-order valence-corrected chi connectivity index (χ4v) is 4.54. The van der Waals surface area contributed by atoms with E-state index in [4.69, 9.17) is 4.74 Å². The number of anilines is 1. The van der Waals surface area contributed by atoms with Crippen molar-refractivity contribution in [2.24, 2.45) is 17.8 Å². The van der Waals surface area contributed by atoms with Crippen LogP contribution in [0, 0.1) is 29.4 Å². The van der Waals surface area contributed by atoms with Crippen LogP contribution < -0.4 is 9.64 Å². The van der Waals surface area contributed by atoms with E-state index in [0.29, 0.717) is 30.1 Å². The maximum absolute atomic E-state index is 14.3. The number of hydrogen-bond acceptors (Lipinski definition) is 7. The summed E-state index contributed by atoms with van der Waals surface area (Å²) >= 11 is 0. The molecule has 0 radical (unpaired) electrons. The zero-order valence-electron chi connectivity index (χ0n) is 16.9. The monoisotopic (exact) mass is 427 g/mol. The van der Waals surface area contributed by atoms with Gasteiger partial charge in [0, 0.05) is 19.2 Å². The van der Waals surface area contributed by atoms with Gasteiger partial charge in [-0.25, -0.2) is 18.7 Å². The molecule has 2 atom stereocenters. The first-order valence-corrected chi connectivity index (χ1v) is 10.6. The molecular formula is C21H23F2N7O. The maximum atomic E-state index is 14.3. The topological polar surface area (TPSA) is 81.9 Å². The molecule has 0 amide bonds. The predicted octanol–water partition coefficient (Wildman–Crippen LogP) is 3.05. The van der Waals surface area contributed by atoms with Crippen LogP contribution in [0.5, 0.6) is 5.75 Å². The molecule has 0 spiro atoms. The second-order valence-electron chi connectivity index (χ2n) is 8.19. The van der Waals surface area contributed by atoms with Crippen molar-refractivity contribution < 1.29 is 13.5 Å². The van der Waals surface area contributed by atoms with Gasteiger partial charge in [-0.15, -0.1) is 5.10 Å². The van der Waals surface area contributed by atoms with Crippen molar-refractivity contribution in [3.8, 4) is 11.4 Å². The number of aromatic nitrogens is 6. The molecular weight excluding hydrogens is 404 g/mol. The average molecular weight is 427 g/mol. The summed E-state index contributed by atoms with van der Waals surface area (Å²) in [5.74, 6) is 2.40. The summed E-state index contributed by atoms with van der Waals surface area (Å²) < 4.78 is 34.3. The lowest BCUT2D eigenvalue weighted by Crippen LogP contribution is -2.35. The van der Waals surface area contributed by atoms with Crippen LogP contribution in [0.3, 0.4) is 0 Å². The molecule has 0 N–H and O–H groups in total. The van der Waals surface area contributed by atoms with Crippen LogP contribution in [0.15, 0.2) is 36.9 Å². The molecule has 0 bridgehead atoms. The van der Waals surface area contributed by atoms with Gasteiger partial charge in [0.1, 0.15) is 17.8 Å². The molecule has 1 aromatic carbocycles. The second kappa shape index (κ2) is 8.52. The first kappa shape index (κ1) is 19.8. The molecule has 31 heavy (non-hydrogen) atoms. The molecule has 162 valence electrons. The van der Waals surface area contributed by atoms with Gasteiger partial charge in [0.05, 0.1) is 19.0 Å². The van der Waals surface area contributed by atoms with Crippen LogP contribution in [0.2, 0.25) is 0 Å². The van der Waals surface area contributed by atoms with E-state index < -0.39 is 11.6 Å². The first-order valence-electron chi connectivity index (χ1n) is 10.6. The van der Waals surface area contributed by atoms with E-state index >= 15 is 0 Å². The van der Waals surface area contributed by atoms with Crippen LogP contribution in [0.1, 0.15) is 25.7 Å². The third-order valence-corrected chi connectivity index (χ3v) is 6.28. The Bertz CT molecular complexity index is 1010. The summed E-state index contributed by atoms with van der Waals surface area (Å²) in [7, 11) is 0. The highest BCUT2D eigenvalue weighted by Gasteiger charge is 2.43. The normalized spacial score (nSPS) is 21.3. The molecule has 2 aromatic heterocycles. The zero-order chi connectivity index (χ0) is 21.2. The fourth-order valence-electron chi connectivity index (χ4n) is 4.54. The fraction of sp³-hybridized carbons (Fsp3) is 0.476. The maximum Gasteiger partial charge on any atom is 0.225 e. The highest BCUT2D eigenvalue weighted by Crippen LogP contribution is 2.49. The molecule has 1 saturated heterocycles. The smallest absolute Gasteiger partial charge is 0.225 e. The van der Waals surface area contributed by atoms with Gasteiger partial charge in [-0.3, -0.25) is 0 Å². The van der Waals surface area contributed by atoms with Crippen molar-refractivity contribution in [2.75, 3.05) is 24.6 Å². The number of benzene rings is 1. The lowest BCUT2D eigenvalue weighted by atomic mass is 9.90. The van der Waals surface area contributed by atoms with Gasteiger partial charge in [-0.1, -0.05) is 0 Å². The van der Waals surface area contributed by atoms with Gasteiger partial charge in [-0.05, 0) is 66.0 Å². The lowest BCUT2D eigenvalue weighted by Gasteiger charge is -2.32. The van der Waals surface area contributed by atoms with E-state index in [2.05, 4.69) is 30.4 Å². The number of halogens is 2. The number of rotatable bonds is 7. The summed E-state index contributed by atoms with van der Waals surface area (Å²) in [5.41, 5.74) is 0.289. The Labute approximate surface area is 178 Å². The van der Waals surface area contributed by atoms with E-state index in [0.717, 1.165) is 38.3 Å². The molecule has 3 heterocycles. The van der Waals surface area contributed by atoms with E-state index in [1.165, 1.54) is 35.9 Å². The minimum absolute atomic E-state index is 0.289. The zero-order valence-corrected chi connectivity index (χ0v) is 16.9. The van der Waals surface area contributed by atoms with Crippen molar-refractivity contribution in [1.29, 1.82) is 0 Å². The van der Waals surface area contributed by atoms with Gasteiger partial charge < -0.3 is 9.64 Å². The van der Waals surface area contributed by atoms with Crippen molar-refractivity contribution in [3.05, 3.63) is 48.6 Å². The SMILES string of the molecule is Fc1cnc(N2CCC([C@@H]3C[C@@H]3CCOc3ccc(-n4cnnn4)c(F)c3)CC2)nc1. The van der Waals surface area contributed by atoms with Gasteiger partial charge in [0.25, 0.3) is 0 Å². The summed E-state index contributed by atoms with van der Waals surface area (Å²) in [6.45, 7) is 2.39. The van der Waals surface area contributed by atoms with Crippen molar-refractivity contribution in [3.63, 3.8) is 0 Å². The summed E-state index contributed by atoms with van der Waals surface area (Å²) in [6, 6.07) is 4.71.